The van der Waals surface area contributed by atoms with E-state index in [9.17, 15) is 0 Å². The number of halogens is 1. The van der Waals surface area contributed by atoms with E-state index in [4.69, 9.17) is 21.4 Å². The van der Waals surface area contributed by atoms with Crippen LogP contribution < -0.4 is 4.74 Å². The van der Waals surface area contributed by atoms with Crippen molar-refractivity contribution in [2.75, 3.05) is 53.4 Å². The molecule has 0 radical (unpaired) electrons. The lowest BCUT2D eigenvalue weighted by atomic mass is 9.97. The zero-order chi connectivity index (χ0) is 24.9. The van der Waals surface area contributed by atoms with Gasteiger partial charge in [0.2, 0.25) is 0 Å². The Labute approximate surface area is 223 Å². The van der Waals surface area contributed by atoms with Gasteiger partial charge in [0, 0.05) is 53.6 Å². The molecule has 5 nitrogen and oxygen atoms in total. The molecular formula is C29H33ClN4OS. The van der Waals surface area contributed by atoms with E-state index in [-0.39, 0.29) is 0 Å². The topological polar surface area (TPSA) is 31.3 Å². The molecular weight excluding hydrogens is 488 g/mol. The Bertz CT molecular complexity index is 1210. The minimum atomic E-state index is 0.317. The third-order valence-corrected chi connectivity index (χ3v) is 8.15. The Morgan fingerprint density at radius 2 is 1.83 bits per heavy atom. The number of ether oxygens (including phenoxy) is 1. The van der Waals surface area contributed by atoms with Gasteiger partial charge in [-0.15, -0.1) is 0 Å². The van der Waals surface area contributed by atoms with Gasteiger partial charge in [0.15, 0.2) is 0 Å². The Morgan fingerprint density at radius 3 is 2.67 bits per heavy atom. The van der Waals surface area contributed by atoms with Crippen LogP contribution in [0.15, 0.2) is 81.6 Å². The van der Waals surface area contributed by atoms with Crippen LogP contribution in [0.25, 0.3) is 0 Å². The van der Waals surface area contributed by atoms with Crippen LogP contribution in [0.3, 0.4) is 0 Å². The summed E-state index contributed by atoms with van der Waals surface area (Å²) in [7, 11) is 4.10. The van der Waals surface area contributed by atoms with Crippen LogP contribution in [-0.4, -0.2) is 74.4 Å². The van der Waals surface area contributed by atoms with Gasteiger partial charge in [-0.25, -0.2) is 0 Å². The van der Waals surface area contributed by atoms with Crippen LogP contribution in [0.2, 0.25) is 5.02 Å². The highest BCUT2D eigenvalue weighted by Crippen LogP contribution is 2.43. The fourth-order valence-corrected chi connectivity index (χ4v) is 6.02. The minimum Gasteiger partial charge on any atom is -0.492 e. The van der Waals surface area contributed by atoms with Gasteiger partial charge in [-0.2, -0.15) is 5.10 Å². The van der Waals surface area contributed by atoms with Gasteiger partial charge in [0.05, 0.1) is 6.21 Å². The van der Waals surface area contributed by atoms with Crippen LogP contribution in [0.5, 0.6) is 5.75 Å². The average molecular weight is 521 g/mol. The van der Waals surface area contributed by atoms with E-state index < -0.39 is 0 Å². The molecule has 0 unspecified atom stereocenters. The fourth-order valence-electron chi connectivity index (χ4n) is 4.72. The average Bonchev–Trinajstić information content (AvgIpc) is 3.04. The summed E-state index contributed by atoms with van der Waals surface area (Å²) in [5, 5.41) is 7.77. The van der Waals surface area contributed by atoms with Crippen molar-refractivity contribution >= 4 is 29.6 Å². The molecule has 36 heavy (non-hydrogen) atoms. The second kappa shape index (κ2) is 11.7. The quantitative estimate of drug-likeness (QED) is 0.374. The van der Waals surface area contributed by atoms with Gasteiger partial charge in [0.25, 0.3) is 0 Å². The predicted molar refractivity (Wildman–Crippen MR) is 150 cm³/mol. The van der Waals surface area contributed by atoms with Crippen molar-refractivity contribution in [2.45, 2.75) is 22.3 Å². The number of fused-ring (bicyclic) bond motifs is 2. The number of benzene rings is 3. The third kappa shape index (κ3) is 6.24. The zero-order valence-electron chi connectivity index (χ0n) is 20.9. The van der Waals surface area contributed by atoms with E-state index in [0.29, 0.717) is 12.6 Å². The van der Waals surface area contributed by atoms with Gasteiger partial charge in [-0.05, 0) is 73.6 Å². The van der Waals surface area contributed by atoms with Crippen molar-refractivity contribution in [3.05, 3.63) is 88.4 Å². The number of likely N-dealkylation sites (N-methyl/N-ethyl adjacent to an activating group) is 1. The van der Waals surface area contributed by atoms with Gasteiger partial charge in [-0.3, -0.25) is 9.91 Å². The first-order valence-corrected chi connectivity index (χ1v) is 13.7. The van der Waals surface area contributed by atoms with Gasteiger partial charge in [-0.1, -0.05) is 53.7 Å². The van der Waals surface area contributed by atoms with E-state index in [1.54, 1.807) is 0 Å². The van der Waals surface area contributed by atoms with Crippen molar-refractivity contribution in [1.29, 1.82) is 0 Å². The first-order chi connectivity index (χ1) is 17.5. The summed E-state index contributed by atoms with van der Waals surface area (Å²) in [5.41, 5.74) is 3.81. The maximum atomic E-state index is 6.45. The highest BCUT2D eigenvalue weighted by molar-refractivity contribution is 7.99. The molecule has 188 valence electrons. The molecule has 1 atom stereocenters. The number of rotatable bonds is 7. The van der Waals surface area contributed by atoms with Crippen molar-refractivity contribution in [3.63, 3.8) is 0 Å². The molecule has 2 heterocycles. The fraction of sp³-hybridized carbons (Fsp3) is 0.345. The molecule has 3 aromatic rings. The molecule has 0 N–H and O–H groups in total. The summed E-state index contributed by atoms with van der Waals surface area (Å²) in [4.78, 5) is 7.37. The molecule has 7 heteroatoms. The van der Waals surface area contributed by atoms with Gasteiger partial charge in [0.1, 0.15) is 12.4 Å². The molecule has 2 aliphatic heterocycles. The predicted octanol–water partition coefficient (Wildman–Crippen LogP) is 5.68. The van der Waals surface area contributed by atoms with Gasteiger partial charge >= 0.3 is 0 Å². The summed E-state index contributed by atoms with van der Waals surface area (Å²) >= 11 is 8.32. The van der Waals surface area contributed by atoms with E-state index in [0.717, 1.165) is 55.5 Å². The molecule has 3 aromatic carbocycles. The normalized spacial score (nSPS) is 18.2. The minimum absolute atomic E-state index is 0.317. The number of piperazine rings is 1. The largest absolute Gasteiger partial charge is 0.492 e. The SMILES string of the molecule is CN(C)CCOc1cccc(C=NN2CCN([C@H]3Cc4ccccc4Sc4ccc(Cl)cc43)CC2)c1. The maximum Gasteiger partial charge on any atom is 0.120 e. The lowest BCUT2D eigenvalue weighted by molar-refractivity contribution is 0.0970. The standard InChI is InChI=1S/C29H33ClN4OS/c1-32(2)16-17-35-25-8-5-6-22(18-25)21-31-34-14-12-33(13-15-34)27-19-23-7-3-4-9-28(23)36-29-11-10-24(30)20-26(27)29/h3-11,18,20-21,27H,12-17,19H2,1-2H3/t27-/m0/s1. The summed E-state index contributed by atoms with van der Waals surface area (Å²) in [5.74, 6) is 0.884. The smallest absolute Gasteiger partial charge is 0.120 e. The second-order valence-corrected chi connectivity index (χ2v) is 11.1. The van der Waals surface area contributed by atoms with E-state index in [1.807, 2.05) is 50.3 Å². The van der Waals surface area contributed by atoms with Crippen molar-refractivity contribution in [3.8, 4) is 5.75 Å². The molecule has 5 rings (SSSR count). The molecule has 1 saturated heterocycles. The second-order valence-electron chi connectivity index (χ2n) is 9.57. The van der Waals surface area contributed by atoms with Crippen molar-refractivity contribution in [2.24, 2.45) is 5.10 Å². The molecule has 0 amide bonds. The Hall–Kier alpha value is -2.51. The van der Waals surface area contributed by atoms with E-state index >= 15 is 0 Å². The molecule has 0 saturated carbocycles. The summed E-state index contributed by atoms with van der Waals surface area (Å²) in [6.07, 6.45) is 2.95. The molecule has 1 fully saturated rings. The monoisotopic (exact) mass is 520 g/mol. The Balaban J connectivity index is 1.24. The summed E-state index contributed by atoms with van der Waals surface area (Å²) in [6.45, 7) is 5.30. The molecule has 0 aromatic heterocycles. The highest BCUT2D eigenvalue weighted by atomic mass is 35.5. The Kier molecular flexibility index (Phi) is 8.17. The molecule has 0 aliphatic carbocycles. The third-order valence-electron chi connectivity index (χ3n) is 6.70. The van der Waals surface area contributed by atoms with E-state index in [1.165, 1.54) is 20.9 Å². The number of hydrogen-bond donors (Lipinski definition) is 0. The summed E-state index contributed by atoms with van der Waals surface area (Å²) in [6, 6.07) is 23.6. The van der Waals surface area contributed by atoms with Crippen LogP contribution in [0.1, 0.15) is 22.7 Å². The highest BCUT2D eigenvalue weighted by Gasteiger charge is 2.30. The molecule has 2 aliphatic rings. The van der Waals surface area contributed by atoms with Gasteiger partial charge < -0.3 is 9.64 Å². The molecule has 0 spiro atoms. The van der Waals surface area contributed by atoms with E-state index in [2.05, 4.69) is 63.3 Å². The van der Waals surface area contributed by atoms with Crippen LogP contribution in [0.4, 0.5) is 0 Å². The maximum absolute atomic E-state index is 6.45. The van der Waals surface area contributed by atoms with Crippen LogP contribution in [-0.2, 0) is 6.42 Å². The van der Waals surface area contributed by atoms with Crippen LogP contribution >= 0.6 is 23.4 Å². The van der Waals surface area contributed by atoms with Crippen molar-refractivity contribution < 1.29 is 4.74 Å². The first kappa shape index (κ1) is 25.2. The molecule has 0 bridgehead atoms. The zero-order valence-corrected chi connectivity index (χ0v) is 22.5. The summed E-state index contributed by atoms with van der Waals surface area (Å²) < 4.78 is 5.87. The number of nitrogens with zero attached hydrogens (tertiary/aromatic N) is 4. The van der Waals surface area contributed by atoms with Crippen molar-refractivity contribution in [1.82, 2.24) is 14.8 Å². The number of hydrogen-bond acceptors (Lipinski definition) is 6. The lowest BCUT2D eigenvalue weighted by Gasteiger charge is -2.38. The van der Waals surface area contributed by atoms with Crippen LogP contribution in [0, 0.1) is 0 Å². The number of hydrazone groups is 1. The first-order valence-electron chi connectivity index (χ1n) is 12.5. The Morgan fingerprint density at radius 1 is 1.00 bits per heavy atom. The lowest BCUT2D eigenvalue weighted by Crippen LogP contribution is -2.46.